The molecule has 1 saturated heterocycles. The molecule has 0 aromatic heterocycles. The van der Waals surface area contributed by atoms with Crippen molar-refractivity contribution in [2.24, 2.45) is 4.99 Å². The third-order valence-corrected chi connectivity index (χ3v) is 5.17. The van der Waals surface area contributed by atoms with E-state index in [2.05, 4.69) is 29.5 Å². The molecule has 0 amide bonds. The number of benzene rings is 1. The van der Waals surface area contributed by atoms with Gasteiger partial charge in [-0.2, -0.15) is 11.8 Å². The van der Waals surface area contributed by atoms with Crippen LogP contribution in [0.25, 0.3) is 0 Å². The highest BCUT2D eigenvalue weighted by Crippen LogP contribution is 2.36. The summed E-state index contributed by atoms with van der Waals surface area (Å²) < 4.78 is 0.328. The van der Waals surface area contributed by atoms with Crippen molar-refractivity contribution in [2.75, 3.05) is 18.8 Å². The first-order valence-corrected chi connectivity index (χ1v) is 8.54. The number of phenolic OH excluding ortho intramolecular Hbond substituents is 1. The smallest absolute Gasteiger partial charge is 0.191 e. The fourth-order valence-electron chi connectivity index (χ4n) is 2.36. The molecule has 0 saturated carbocycles. The first-order valence-electron chi connectivity index (χ1n) is 7.55. The summed E-state index contributed by atoms with van der Waals surface area (Å²) in [5.41, 5.74) is 1.09. The van der Waals surface area contributed by atoms with E-state index >= 15 is 0 Å². The summed E-state index contributed by atoms with van der Waals surface area (Å²) in [6.45, 7) is 6.80. The maximum Gasteiger partial charge on any atom is 0.191 e. The normalized spacial score (nSPS) is 22.3. The van der Waals surface area contributed by atoms with Crippen LogP contribution in [0.2, 0.25) is 0 Å². The molecule has 1 unspecified atom stereocenters. The quantitative estimate of drug-likeness (QED) is 0.578. The van der Waals surface area contributed by atoms with Gasteiger partial charge in [-0.1, -0.05) is 12.1 Å². The van der Waals surface area contributed by atoms with Crippen molar-refractivity contribution in [1.82, 2.24) is 10.6 Å². The van der Waals surface area contributed by atoms with Crippen molar-refractivity contribution in [3.05, 3.63) is 29.8 Å². The summed E-state index contributed by atoms with van der Waals surface area (Å²) in [5, 5.41) is 16.0. The Morgan fingerprint density at radius 1 is 1.33 bits per heavy atom. The first-order chi connectivity index (χ1) is 10.1. The zero-order valence-electron chi connectivity index (χ0n) is 12.9. The van der Waals surface area contributed by atoms with Crippen molar-refractivity contribution in [2.45, 2.75) is 38.0 Å². The number of hydrogen-bond acceptors (Lipinski definition) is 3. The number of hydrogen-bond donors (Lipinski definition) is 3. The van der Waals surface area contributed by atoms with Gasteiger partial charge < -0.3 is 15.7 Å². The Morgan fingerprint density at radius 2 is 2.10 bits per heavy atom. The summed E-state index contributed by atoms with van der Waals surface area (Å²) in [6, 6.07) is 7.19. The number of nitrogens with one attached hydrogen (secondary N) is 2. The number of aliphatic imine (C=N–C) groups is 1. The van der Waals surface area contributed by atoms with Gasteiger partial charge in [-0.3, -0.25) is 0 Å². The molecule has 1 aromatic rings. The summed E-state index contributed by atoms with van der Waals surface area (Å²) in [5.74, 6) is 2.41. The van der Waals surface area contributed by atoms with Gasteiger partial charge in [0.2, 0.25) is 0 Å². The van der Waals surface area contributed by atoms with Crippen LogP contribution in [0.3, 0.4) is 0 Å². The van der Waals surface area contributed by atoms with E-state index in [1.165, 1.54) is 18.6 Å². The lowest BCUT2D eigenvalue weighted by molar-refractivity contribution is 0.475. The van der Waals surface area contributed by atoms with Gasteiger partial charge in [-0.15, -0.1) is 0 Å². The van der Waals surface area contributed by atoms with E-state index in [4.69, 9.17) is 0 Å². The molecule has 3 N–H and O–H groups in total. The van der Waals surface area contributed by atoms with Crippen molar-refractivity contribution < 1.29 is 5.11 Å². The van der Waals surface area contributed by atoms with Gasteiger partial charge in [0.15, 0.2) is 5.96 Å². The maximum atomic E-state index is 9.29. The van der Waals surface area contributed by atoms with Crippen LogP contribution in [0.1, 0.15) is 32.3 Å². The van der Waals surface area contributed by atoms with Crippen LogP contribution in [0.15, 0.2) is 29.3 Å². The molecule has 1 aromatic carbocycles. The molecule has 21 heavy (non-hydrogen) atoms. The Labute approximate surface area is 131 Å². The average Bonchev–Trinajstić information content (AvgIpc) is 2.91. The predicted molar refractivity (Wildman–Crippen MR) is 91.0 cm³/mol. The van der Waals surface area contributed by atoms with E-state index in [-0.39, 0.29) is 0 Å². The van der Waals surface area contributed by atoms with Gasteiger partial charge in [0.05, 0.1) is 6.54 Å². The molecule has 1 atom stereocenters. The Balaban J connectivity index is 1.90. The Hall–Kier alpha value is -1.36. The molecule has 0 aliphatic carbocycles. The summed E-state index contributed by atoms with van der Waals surface area (Å²) in [4.78, 5) is 4.61. The molecule has 1 aliphatic heterocycles. The van der Waals surface area contributed by atoms with Gasteiger partial charge >= 0.3 is 0 Å². The maximum absolute atomic E-state index is 9.29. The van der Waals surface area contributed by atoms with E-state index in [1.807, 2.05) is 23.9 Å². The molecule has 4 nitrogen and oxygen atoms in total. The third-order valence-electron chi connectivity index (χ3n) is 3.63. The van der Waals surface area contributed by atoms with E-state index in [1.54, 1.807) is 12.1 Å². The van der Waals surface area contributed by atoms with Crippen LogP contribution in [-0.4, -0.2) is 34.7 Å². The van der Waals surface area contributed by atoms with Gasteiger partial charge in [0.25, 0.3) is 0 Å². The summed E-state index contributed by atoms with van der Waals surface area (Å²) in [7, 11) is 0. The minimum Gasteiger partial charge on any atom is -0.508 e. The summed E-state index contributed by atoms with van der Waals surface area (Å²) >= 11 is 2.05. The lowest BCUT2D eigenvalue weighted by Crippen LogP contribution is -2.43. The zero-order valence-corrected chi connectivity index (χ0v) is 13.7. The number of guanidine groups is 1. The molecule has 2 rings (SSSR count). The molecule has 116 valence electrons. The van der Waals surface area contributed by atoms with Crippen molar-refractivity contribution in [3.63, 3.8) is 0 Å². The molecular formula is C16H25N3OS. The largest absolute Gasteiger partial charge is 0.508 e. The van der Waals surface area contributed by atoms with E-state index < -0.39 is 0 Å². The minimum atomic E-state index is 0.291. The van der Waals surface area contributed by atoms with E-state index in [9.17, 15) is 5.11 Å². The standard InChI is InChI=1S/C16H25N3OS/c1-3-17-15(19-12-16(2)9-4-10-21-16)18-11-13-5-7-14(20)8-6-13/h5-8,20H,3-4,9-12H2,1-2H3,(H2,17,18,19). The Morgan fingerprint density at radius 3 is 2.71 bits per heavy atom. The number of rotatable bonds is 5. The number of phenols is 1. The second kappa shape index (κ2) is 7.59. The second-order valence-corrected chi connectivity index (χ2v) is 7.30. The van der Waals surface area contributed by atoms with E-state index in [0.29, 0.717) is 17.0 Å². The van der Waals surface area contributed by atoms with Crippen LogP contribution in [0.5, 0.6) is 5.75 Å². The molecule has 0 bridgehead atoms. The van der Waals surface area contributed by atoms with Crippen molar-refractivity contribution in [3.8, 4) is 5.75 Å². The molecule has 1 aliphatic rings. The SMILES string of the molecule is CCNC(=NCc1ccc(O)cc1)NCC1(C)CCCS1. The van der Waals surface area contributed by atoms with Gasteiger partial charge in [-0.25, -0.2) is 4.99 Å². The Kier molecular flexibility index (Phi) is 5.79. The van der Waals surface area contributed by atoms with Gasteiger partial charge in [-0.05, 0) is 50.1 Å². The van der Waals surface area contributed by atoms with Gasteiger partial charge in [0, 0.05) is 17.8 Å². The number of thioether (sulfide) groups is 1. The monoisotopic (exact) mass is 307 g/mol. The van der Waals surface area contributed by atoms with Crippen LogP contribution < -0.4 is 10.6 Å². The third kappa shape index (κ3) is 5.16. The fraction of sp³-hybridized carbons (Fsp3) is 0.562. The highest BCUT2D eigenvalue weighted by molar-refractivity contribution is 8.00. The molecule has 1 heterocycles. The highest BCUT2D eigenvalue weighted by Gasteiger charge is 2.29. The van der Waals surface area contributed by atoms with Crippen LogP contribution >= 0.6 is 11.8 Å². The van der Waals surface area contributed by atoms with E-state index in [0.717, 1.165) is 24.6 Å². The lowest BCUT2D eigenvalue weighted by atomic mass is 10.1. The summed E-state index contributed by atoms with van der Waals surface area (Å²) in [6.07, 6.45) is 2.58. The first kappa shape index (κ1) is 16.0. The predicted octanol–water partition coefficient (Wildman–Crippen LogP) is 2.73. The molecule has 0 spiro atoms. The second-order valence-electron chi connectivity index (χ2n) is 5.62. The fourth-order valence-corrected chi connectivity index (χ4v) is 3.60. The van der Waals surface area contributed by atoms with Gasteiger partial charge in [0.1, 0.15) is 5.75 Å². The molecule has 0 radical (unpaired) electrons. The van der Waals surface area contributed by atoms with Crippen molar-refractivity contribution in [1.29, 1.82) is 0 Å². The average molecular weight is 307 g/mol. The Bertz CT molecular complexity index is 467. The highest BCUT2D eigenvalue weighted by atomic mass is 32.2. The molecule has 5 heteroatoms. The van der Waals surface area contributed by atoms with Crippen LogP contribution in [0.4, 0.5) is 0 Å². The van der Waals surface area contributed by atoms with Crippen LogP contribution in [-0.2, 0) is 6.54 Å². The lowest BCUT2D eigenvalue weighted by Gasteiger charge is -2.24. The topological polar surface area (TPSA) is 56.7 Å². The molecule has 1 fully saturated rings. The minimum absolute atomic E-state index is 0.291. The molecular weight excluding hydrogens is 282 g/mol. The van der Waals surface area contributed by atoms with Crippen LogP contribution in [0, 0.1) is 0 Å². The number of aromatic hydroxyl groups is 1. The van der Waals surface area contributed by atoms with Crippen molar-refractivity contribution >= 4 is 17.7 Å². The zero-order chi connectivity index (χ0) is 15.1. The number of nitrogens with zero attached hydrogens (tertiary/aromatic N) is 1.